The molecule has 0 aliphatic rings. The number of rotatable bonds is 3. The molecule has 2 aromatic heterocycles. The summed E-state index contributed by atoms with van der Waals surface area (Å²) >= 11 is 0.815. The topological polar surface area (TPSA) is 63.3 Å². The summed E-state index contributed by atoms with van der Waals surface area (Å²) in [6.07, 6.45) is -4.52. The second kappa shape index (κ2) is 4.96. The number of pyridine rings is 1. The van der Waals surface area contributed by atoms with Crippen molar-refractivity contribution in [3.8, 4) is 0 Å². The summed E-state index contributed by atoms with van der Waals surface area (Å²) in [5, 5.41) is 8.87. The average Bonchev–Trinajstić information content (AvgIpc) is 2.77. The summed E-state index contributed by atoms with van der Waals surface area (Å²) < 4.78 is 42.2. The molecule has 0 aliphatic carbocycles. The molecule has 2 aromatic rings. The van der Waals surface area contributed by atoms with Gasteiger partial charge < -0.3 is 9.52 Å². The van der Waals surface area contributed by atoms with Crippen LogP contribution >= 0.6 is 11.8 Å². The number of carbonyl (C=O) groups is 1. The number of nitrogens with zero attached hydrogens (tertiary/aromatic N) is 1. The lowest BCUT2D eigenvalue weighted by Crippen LogP contribution is -2.07. The van der Waals surface area contributed by atoms with Crippen molar-refractivity contribution in [3.05, 3.63) is 41.8 Å². The van der Waals surface area contributed by atoms with E-state index in [4.69, 9.17) is 9.52 Å². The van der Waals surface area contributed by atoms with Gasteiger partial charge in [-0.05, 0) is 36.0 Å². The number of carboxylic acids is 1. The lowest BCUT2D eigenvalue weighted by atomic mass is 10.3. The summed E-state index contributed by atoms with van der Waals surface area (Å²) in [4.78, 5) is 14.0. The van der Waals surface area contributed by atoms with Gasteiger partial charge in [-0.2, -0.15) is 13.2 Å². The Balaban J connectivity index is 2.21. The van der Waals surface area contributed by atoms with Crippen LogP contribution in [0.15, 0.2) is 44.9 Å². The molecule has 0 bridgehead atoms. The largest absolute Gasteiger partial charge is 0.475 e. The van der Waals surface area contributed by atoms with Gasteiger partial charge in [0.25, 0.3) is 0 Å². The minimum atomic E-state index is -4.52. The van der Waals surface area contributed by atoms with Crippen LogP contribution < -0.4 is 0 Å². The Morgan fingerprint density at radius 3 is 2.58 bits per heavy atom. The fourth-order valence-corrected chi connectivity index (χ4v) is 1.99. The van der Waals surface area contributed by atoms with Gasteiger partial charge in [-0.15, -0.1) is 0 Å². The third-order valence-corrected chi connectivity index (χ3v) is 2.87. The molecule has 0 amide bonds. The van der Waals surface area contributed by atoms with Crippen molar-refractivity contribution in [3.63, 3.8) is 0 Å². The van der Waals surface area contributed by atoms with Crippen molar-refractivity contribution >= 4 is 17.7 Å². The normalized spacial score (nSPS) is 11.5. The lowest BCUT2D eigenvalue weighted by molar-refractivity contribution is -0.141. The van der Waals surface area contributed by atoms with Gasteiger partial charge in [-0.3, -0.25) is 0 Å². The SMILES string of the molecule is O=C(O)c1ccc(Sc2cccc(C(F)(F)F)n2)o1. The van der Waals surface area contributed by atoms with Crippen molar-refractivity contribution in [2.75, 3.05) is 0 Å². The van der Waals surface area contributed by atoms with Crippen LogP contribution in [0.1, 0.15) is 16.2 Å². The molecule has 19 heavy (non-hydrogen) atoms. The molecule has 1 N–H and O–H groups in total. The van der Waals surface area contributed by atoms with Crippen LogP contribution in [-0.4, -0.2) is 16.1 Å². The second-order valence-electron chi connectivity index (χ2n) is 3.38. The molecule has 2 heterocycles. The van der Waals surface area contributed by atoms with Crippen molar-refractivity contribution in [2.24, 2.45) is 0 Å². The molecular weight excluding hydrogens is 283 g/mol. The first-order valence-electron chi connectivity index (χ1n) is 4.91. The van der Waals surface area contributed by atoms with E-state index in [0.29, 0.717) is 0 Å². The zero-order valence-corrected chi connectivity index (χ0v) is 9.96. The zero-order valence-electron chi connectivity index (χ0n) is 9.14. The smallest absolute Gasteiger partial charge is 0.433 e. The Morgan fingerprint density at radius 2 is 2.00 bits per heavy atom. The predicted molar refractivity (Wildman–Crippen MR) is 59.0 cm³/mol. The molecule has 0 spiro atoms. The fourth-order valence-electron chi connectivity index (χ4n) is 1.22. The molecule has 0 unspecified atom stereocenters. The van der Waals surface area contributed by atoms with Crippen molar-refractivity contribution < 1.29 is 27.5 Å². The minimum Gasteiger partial charge on any atom is -0.475 e. The first-order valence-corrected chi connectivity index (χ1v) is 5.73. The highest BCUT2D eigenvalue weighted by molar-refractivity contribution is 7.99. The molecule has 100 valence electrons. The maximum Gasteiger partial charge on any atom is 0.433 e. The van der Waals surface area contributed by atoms with E-state index in [-0.39, 0.29) is 15.9 Å². The van der Waals surface area contributed by atoms with Crippen molar-refractivity contribution in [1.29, 1.82) is 0 Å². The van der Waals surface area contributed by atoms with Gasteiger partial charge in [-0.1, -0.05) is 6.07 Å². The van der Waals surface area contributed by atoms with E-state index >= 15 is 0 Å². The molecule has 0 saturated heterocycles. The number of hydrogen-bond acceptors (Lipinski definition) is 4. The summed E-state index contributed by atoms with van der Waals surface area (Å²) in [6.45, 7) is 0. The Labute approximate surface area is 109 Å². The Hall–Kier alpha value is -1.96. The van der Waals surface area contributed by atoms with Crippen LogP contribution in [0.2, 0.25) is 0 Å². The monoisotopic (exact) mass is 289 g/mol. The number of halogens is 3. The quantitative estimate of drug-likeness (QED) is 0.936. The van der Waals surface area contributed by atoms with Crippen LogP contribution in [0.25, 0.3) is 0 Å². The van der Waals surface area contributed by atoms with E-state index in [9.17, 15) is 18.0 Å². The number of furan rings is 1. The fraction of sp³-hybridized carbons (Fsp3) is 0.0909. The molecule has 4 nitrogen and oxygen atoms in total. The Kier molecular flexibility index (Phi) is 3.52. The van der Waals surface area contributed by atoms with Gasteiger partial charge in [0.15, 0.2) is 5.09 Å². The molecule has 0 fully saturated rings. The van der Waals surface area contributed by atoms with Crippen LogP contribution in [0.4, 0.5) is 13.2 Å². The van der Waals surface area contributed by atoms with Crippen LogP contribution in [0.5, 0.6) is 0 Å². The van der Waals surface area contributed by atoms with E-state index in [1.54, 1.807) is 0 Å². The standard InChI is InChI=1S/C11H6F3NO3S/c12-11(13,14)7-2-1-3-8(15-7)19-9-5-4-6(18-9)10(16)17/h1-5H,(H,16,17). The third-order valence-electron chi connectivity index (χ3n) is 2.01. The lowest BCUT2D eigenvalue weighted by Gasteiger charge is -2.06. The van der Waals surface area contributed by atoms with Gasteiger partial charge in [0.2, 0.25) is 5.76 Å². The summed E-state index contributed by atoms with van der Waals surface area (Å²) in [6, 6.07) is 6.03. The maximum atomic E-state index is 12.4. The van der Waals surface area contributed by atoms with Crippen LogP contribution in [0.3, 0.4) is 0 Å². The molecule has 0 atom stereocenters. The Morgan fingerprint density at radius 1 is 1.26 bits per heavy atom. The summed E-state index contributed by atoms with van der Waals surface area (Å²) in [5.74, 6) is -1.53. The van der Waals surface area contributed by atoms with Crippen molar-refractivity contribution in [2.45, 2.75) is 16.3 Å². The van der Waals surface area contributed by atoms with E-state index < -0.39 is 17.8 Å². The van der Waals surface area contributed by atoms with E-state index in [1.165, 1.54) is 24.3 Å². The van der Waals surface area contributed by atoms with E-state index in [1.807, 2.05) is 0 Å². The number of hydrogen-bond donors (Lipinski definition) is 1. The minimum absolute atomic E-state index is 0.0705. The third kappa shape index (κ3) is 3.28. The number of aromatic nitrogens is 1. The van der Waals surface area contributed by atoms with Gasteiger partial charge in [0, 0.05) is 0 Å². The maximum absolute atomic E-state index is 12.4. The zero-order chi connectivity index (χ0) is 14.0. The van der Waals surface area contributed by atoms with Crippen LogP contribution in [0, 0.1) is 0 Å². The van der Waals surface area contributed by atoms with Crippen molar-refractivity contribution in [1.82, 2.24) is 4.98 Å². The molecule has 0 saturated carbocycles. The molecule has 2 rings (SSSR count). The Bertz CT molecular complexity index is 609. The molecule has 0 radical (unpaired) electrons. The van der Waals surface area contributed by atoms with Gasteiger partial charge in [-0.25, -0.2) is 9.78 Å². The summed E-state index contributed by atoms with van der Waals surface area (Å²) in [7, 11) is 0. The summed E-state index contributed by atoms with van der Waals surface area (Å²) in [5.41, 5.74) is -1.01. The predicted octanol–water partition coefficient (Wildman–Crippen LogP) is 3.54. The van der Waals surface area contributed by atoms with Gasteiger partial charge in [0.1, 0.15) is 10.7 Å². The number of alkyl halides is 3. The molecular formula is C11H6F3NO3S. The first-order chi connectivity index (χ1) is 8.86. The highest BCUT2D eigenvalue weighted by Crippen LogP contribution is 2.32. The van der Waals surface area contributed by atoms with Crippen LogP contribution in [-0.2, 0) is 6.18 Å². The highest BCUT2D eigenvalue weighted by Gasteiger charge is 2.32. The molecule has 0 aromatic carbocycles. The molecule has 8 heteroatoms. The average molecular weight is 289 g/mol. The second-order valence-corrected chi connectivity index (χ2v) is 4.41. The molecule has 0 aliphatic heterocycles. The first kappa shape index (κ1) is 13.5. The van der Waals surface area contributed by atoms with E-state index in [0.717, 1.165) is 17.8 Å². The highest BCUT2D eigenvalue weighted by atomic mass is 32.2. The van der Waals surface area contributed by atoms with Gasteiger partial charge in [0.05, 0.1) is 0 Å². The number of carboxylic acid groups (broad SMARTS) is 1. The van der Waals surface area contributed by atoms with E-state index in [2.05, 4.69) is 4.98 Å². The van der Waals surface area contributed by atoms with Gasteiger partial charge >= 0.3 is 12.1 Å². The number of aromatic carboxylic acids is 1.